The molecular formula is C8H14O5. The first-order valence-electron chi connectivity index (χ1n) is 3.68. The third kappa shape index (κ3) is 2.27. The summed E-state index contributed by atoms with van der Waals surface area (Å²) in [6.45, 7) is 1.67. The first-order valence-corrected chi connectivity index (χ1v) is 3.68. The minimum Gasteiger partial charge on any atom is -0.466 e. The van der Waals surface area contributed by atoms with Gasteiger partial charge in [0.2, 0.25) is 0 Å². The summed E-state index contributed by atoms with van der Waals surface area (Å²) in [5, 5.41) is 26.7. The number of hydrogen-bond acceptors (Lipinski definition) is 5. The molecule has 5 heteroatoms. The first-order chi connectivity index (χ1) is 6.07. The van der Waals surface area contributed by atoms with Gasteiger partial charge < -0.3 is 20.1 Å². The lowest BCUT2D eigenvalue weighted by atomic mass is 9.83. The average molecular weight is 190 g/mol. The van der Waals surface area contributed by atoms with E-state index in [1.54, 1.807) is 0 Å². The van der Waals surface area contributed by atoms with Crippen molar-refractivity contribution in [3.05, 3.63) is 12.2 Å². The van der Waals surface area contributed by atoms with Crippen molar-refractivity contribution in [3.8, 4) is 0 Å². The van der Waals surface area contributed by atoms with Gasteiger partial charge >= 0.3 is 5.97 Å². The SMILES string of the molecule is C=C(C(=O)OC)C(CO)(CO)CO. The lowest BCUT2D eigenvalue weighted by Gasteiger charge is -2.27. The van der Waals surface area contributed by atoms with Gasteiger partial charge in [0.05, 0.1) is 32.3 Å². The summed E-state index contributed by atoms with van der Waals surface area (Å²) in [6.07, 6.45) is 0. The maximum atomic E-state index is 11.0. The van der Waals surface area contributed by atoms with Gasteiger partial charge in [-0.2, -0.15) is 0 Å². The molecule has 0 aliphatic rings. The molecule has 0 spiro atoms. The van der Waals surface area contributed by atoms with Gasteiger partial charge in [0, 0.05) is 5.57 Å². The van der Waals surface area contributed by atoms with Gasteiger partial charge in [0.15, 0.2) is 0 Å². The second-order valence-corrected chi connectivity index (χ2v) is 2.72. The van der Waals surface area contributed by atoms with E-state index in [0.29, 0.717) is 0 Å². The topological polar surface area (TPSA) is 87.0 Å². The molecule has 5 nitrogen and oxygen atoms in total. The molecule has 0 fully saturated rings. The number of ether oxygens (including phenoxy) is 1. The summed E-state index contributed by atoms with van der Waals surface area (Å²) in [6, 6.07) is 0. The minimum atomic E-state index is -1.40. The lowest BCUT2D eigenvalue weighted by Crippen LogP contribution is -2.38. The fourth-order valence-electron chi connectivity index (χ4n) is 0.776. The maximum absolute atomic E-state index is 11.0. The molecule has 0 atom stereocenters. The van der Waals surface area contributed by atoms with Gasteiger partial charge in [0.25, 0.3) is 0 Å². The van der Waals surface area contributed by atoms with Crippen LogP contribution in [0.1, 0.15) is 0 Å². The van der Waals surface area contributed by atoms with Gasteiger partial charge in [-0.05, 0) is 0 Å². The van der Waals surface area contributed by atoms with Gasteiger partial charge in [-0.15, -0.1) is 0 Å². The quantitative estimate of drug-likeness (QED) is 0.369. The molecule has 0 saturated carbocycles. The van der Waals surface area contributed by atoms with Crippen LogP contribution in [0.15, 0.2) is 12.2 Å². The largest absolute Gasteiger partial charge is 0.466 e. The van der Waals surface area contributed by atoms with Crippen molar-refractivity contribution in [1.82, 2.24) is 0 Å². The number of carbonyl (C=O) groups excluding carboxylic acids is 1. The van der Waals surface area contributed by atoms with Crippen molar-refractivity contribution < 1.29 is 24.9 Å². The standard InChI is InChI=1S/C8H14O5/c1-6(7(12)13-2)8(3-9,4-10)5-11/h9-11H,1,3-5H2,2H3. The lowest BCUT2D eigenvalue weighted by molar-refractivity contribution is -0.139. The molecule has 0 rings (SSSR count). The third-order valence-corrected chi connectivity index (χ3v) is 1.98. The van der Waals surface area contributed by atoms with E-state index in [2.05, 4.69) is 11.3 Å². The van der Waals surface area contributed by atoms with Crippen LogP contribution in [0.4, 0.5) is 0 Å². The minimum absolute atomic E-state index is 0.137. The highest BCUT2D eigenvalue weighted by Gasteiger charge is 2.35. The molecular weight excluding hydrogens is 176 g/mol. The van der Waals surface area contributed by atoms with E-state index in [9.17, 15) is 4.79 Å². The molecule has 0 heterocycles. The Kier molecular flexibility index (Phi) is 4.61. The molecule has 0 radical (unpaired) electrons. The number of carbonyl (C=O) groups is 1. The Morgan fingerprint density at radius 1 is 1.31 bits per heavy atom. The zero-order valence-corrected chi connectivity index (χ0v) is 7.49. The number of esters is 1. The molecule has 0 aliphatic carbocycles. The van der Waals surface area contributed by atoms with E-state index >= 15 is 0 Å². The first kappa shape index (κ1) is 12.1. The molecule has 0 saturated heterocycles. The predicted molar refractivity (Wildman–Crippen MR) is 44.8 cm³/mol. The molecule has 0 aromatic heterocycles. The average Bonchev–Trinajstić information content (AvgIpc) is 2.20. The van der Waals surface area contributed by atoms with Crippen LogP contribution in [0, 0.1) is 5.41 Å². The van der Waals surface area contributed by atoms with Gasteiger partial charge in [-0.25, -0.2) is 4.79 Å². The summed E-state index contributed by atoms with van der Waals surface area (Å²) < 4.78 is 4.35. The molecule has 0 bridgehead atoms. The monoisotopic (exact) mass is 190 g/mol. The number of aliphatic hydroxyl groups excluding tert-OH is 3. The maximum Gasteiger partial charge on any atom is 0.333 e. The normalized spacial score (nSPS) is 11.1. The van der Waals surface area contributed by atoms with E-state index in [1.807, 2.05) is 0 Å². The summed E-state index contributed by atoms with van der Waals surface area (Å²) in [4.78, 5) is 11.0. The second-order valence-electron chi connectivity index (χ2n) is 2.72. The fourth-order valence-corrected chi connectivity index (χ4v) is 0.776. The van der Waals surface area contributed by atoms with E-state index < -0.39 is 31.2 Å². The fraction of sp³-hybridized carbons (Fsp3) is 0.625. The van der Waals surface area contributed by atoms with Crippen molar-refractivity contribution in [1.29, 1.82) is 0 Å². The van der Waals surface area contributed by atoms with Crippen molar-refractivity contribution in [2.24, 2.45) is 5.41 Å². The number of rotatable bonds is 5. The van der Waals surface area contributed by atoms with Crippen LogP contribution in [0.5, 0.6) is 0 Å². The smallest absolute Gasteiger partial charge is 0.333 e. The second kappa shape index (κ2) is 4.96. The number of hydrogen-bond donors (Lipinski definition) is 3. The number of aliphatic hydroxyl groups is 3. The highest BCUT2D eigenvalue weighted by Crippen LogP contribution is 2.25. The van der Waals surface area contributed by atoms with Crippen molar-refractivity contribution in [2.45, 2.75) is 0 Å². The van der Waals surface area contributed by atoms with Crippen molar-refractivity contribution >= 4 is 5.97 Å². The Hall–Kier alpha value is -0.910. The van der Waals surface area contributed by atoms with Gasteiger partial charge in [0.1, 0.15) is 0 Å². The van der Waals surface area contributed by atoms with Crippen LogP contribution >= 0.6 is 0 Å². The van der Waals surface area contributed by atoms with Gasteiger partial charge in [-0.3, -0.25) is 0 Å². The van der Waals surface area contributed by atoms with Crippen molar-refractivity contribution in [3.63, 3.8) is 0 Å². The van der Waals surface area contributed by atoms with E-state index in [-0.39, 0.29) is 5.57 Å². The zero-order chi connectivity index (χ0) is 10.5. The highest BCUT2D eigenvalue weighted by atomic mass is 16.5. The molecule has 0 aromatic rings. The van der Waals surface area contributed by atoms with Gasteiger partial charge in [-0.1, -0.05) is 6.58 Å². The molecule has 0 amide bonds. The Morgan fingerprint density at radius 2 is 1.69 bits per heavy atom. The number of methoxy groups -OCH3 is 1. The van der Waals surface area contributed by atoms with Crippen molar-refractivity contribution in [2.75, 3.05) is 26.9 Å². The Morgan fingerprint density at radius 3 is 1.92 bits per heavy atom. The molecule has 13 heavy (non-hydrogen) atoms. The Labute approximate surface area is 76.3 Å². The molecule has 76 valence electrons. The van der Waals surface area contributed by atoms with E-state index in [0.717, 1.165) is 7.11 Å². The Bertz CT molecular complexity index is 186. The molecule has 3 N–H and O–H groups in total. The summed E-state index contributed by atoms with van der Waals surface area (Å²) in [5.74, 6) is -0.753. The van der Waals surface area contributed by atoms with Crippen LogP contribution in [0.2, 0.25) is 0 Å². The van der Waals surface area contributed by atoms with E-state index in [1.165, 1.54) is 0 Å². The van der Waals surface area contributed by atoms with Crippen LogP contribution < -0.4 is 0 Å². The Balaban J connectivity index is 4.73. The van der Waals surface area contributed by atoms with Crippen LogP contribution in [-0.2, 0) is 9.53 Å². The summed E-state index contributed by atoms with van der Waals surface area (Å²) in [7, 11) is 1.16. The highest BCUT2D eigenvalue weighted by molar-refractivity contribution is 5.89. The van der Waals surface area contributed by atoms with Crippen LogP contribution in [0.3, 0.4) is 0 Å². The van der Waals surface area contributed by atoms with Crippen LogP contribution in [0.25, 0.3) is 0 Å². The van der Waals surface area contributed by atoms with E-state index in [4.69, 9.17) is 15.3 Å². The summed E-state index contributed by atoms with van der Waals surface area (Å²) >= 11 is 0. The summed E-state index contributed by atoms with van der Waals surface area (Å²) in [5.41, 5.74) is -1.53. The zero-order valence-electron chi connectivity index (χ0n) is 7.49. The molecule has 0 aliphatic heterocycles. The predicted octanol–water partition coefficient (Wildman–Crippen LogP) is -1.32. The van der Waals surface area contributed by atoms with Crippen LogP contribution in [-0.4, -0.2) is 48.2 Å². The third-order valence-electron chi connectivity index (χ3n) is 1.98. The molecule has 0 aromatic carbocycles. The molecule has 0 unspecified atom stereocenters.